The number of hydrogen-bond donors (Lipinski definition) is 2. The Labute approximate surface area is 170 Å². The van der Waals surface area contributed by atoms with Crippen molar-refractivity contribution in [2.24, 2.45) is 5.73 Å². The summed E-state index contributed by atoms with van der Waals surface area (Å²) in [6.07, 6.45) is 1.74. The summed E-state index contributed by atoms with van der Waals surface area (Å²) in [6.45, 7) is 3.52. The van der Waals surface area contributed by atoms with Gasteiger partial charge in [0.1, 0.15) is 11.6 Å². The first kappa shape index (κ1) is 18.7. The van der Waals surface area contributed by atoms with Gasteiger partial charge in [-0.25, -0.2) is 13.8 Å². The maximum Gasteiger partial charge on any atom is 0.281 e. The minimum Gasteiger partial charge on any atom is -0.438 e. The first-order chi connectivity index (χ1) is 14.3. The minimum atomic E-state index is -0.697. The van der Waals surface area contributed by atoms with Crippen molar-refractivity contribution in [2.45, 2.75) is 38.8 Å². The maximum atomic E-state index is 14.6. The fraction of sp³-hybridized carbons (Fsp3) is 0.273. The number of rotatable bonds is 3. The van der Waals surface area contributed by atoms with Gasteiger partial charge in [-0.05, 0) is 49.9 Å². The van der Waals surface area contributed by atoms with Gasteiger partial charge in [0, 0.05) is 23.1 Å². The lowest BCUT2D eigenvalue weighted by Gasteiger charge is -2.16. The van der Waals surface area contributed by atoms with Crippen molar-refractivity contribution >= 4 is 27.7 Å². The van der Waals surface area contributed by atoms with Crippen LogP contribution in [-0.2, 0) is 0 Å². The molecule has 8 heteroatoms. The third-order valence-electron chi connectivity index (χ3n) is 5.66. The van der Waals surface area contributed by atoms with Crippen LogP contribution >= 0.6 is 0 Å². The molecule has 4 aromatic rings. The Morgan fingerprint density at radius 1 is 1.20 bits per heavy atom. The van der Waals surface area contributed by atoms with Crippen LogP contribution in [0.3, 0.4) is 0 Å². The van der Waals surface area contributed by atoms with Crippen molar-refractivity contribution in [1.82, 2.24) is 9.55 Å². The molecule has 2 aromatic heterocycles. The van der Waals surface area contributed by atoms with Crippen LogP contribution in [0.4, 0.5) is 14.5 Å². The van der Waals surface area contributed by atoms with Gasteiger partial charge in [0.25, 0.3) is 5.56 Å². The maximum absolute atomic E-state index is 14.6. The molecule has 0 radical (unpaired) electrons. The lowest BCUT2D eigenvalue weighted by atomic mass is 9.96. The molecule has 1 unspecified atom stereocenters. The number of hydrogen-bond acceptors (Lipinski definition) is 5. The van der Waals surface area contributed by atoms with Crippen LogP contribution in [0.15, 0.2) is 33.5 Å². The molecule has 0 spiro atoms. The second-order valence-corrected chi connectivity index (χ2v) is 7.91. The Morgan fingerprint density at radius 3 is 2.60 bits per heavy atom. The van der Waals surface area contributed by atoms with E-state index < -0.39 is 17.7 Å². The predicted octanol–water partition coefficient (Wildman–Crippen LogP) is 4.33. The molecule has 6 nitrogen and oxygen atoms in total. The molecule has 2 heterocycles. The van der Waals surface area contributed by atoms with E-state index in [1.54, 1.807) is 30.5 Å². The van der Waals surface area contributed by atoms with E-state index in [1.165, 1.54) is 0 Å². The zero-order valence-electron chi connectivity index (χ0n) is 16.5. The fourth-order valence-corrected chi connectivity index (χ4v) is 4.01. The largest absolute Gasteiger partial charge is 0.438 e. The zero-order chi connectivity index (χ0) is 21.3. The van der Waals surface area contributed by atoms with Gasteiger partial charge in [-0.3, -0.25) is 4.79 Å². The Balaban J connectivity index is 1.90. The number of aromatic nitrogens is 2. The number of pyridine rings is 1. The first-order valence-corrected chi connectivity index (χ1v) is 9.76. The third-order valence-corrected chi connectivity index (χ3v) is 5.66. The van der Waals surface area contributed by atoms with Gasteiger partial charge in [0.05, 0.1) is 17.2 Å². The average molecular weight is 410 g/mol. The summed E-state index contributed by atoms with van der Waals surface area (Å²) in [5.74, 6) is -1.04. The van der Waals surface area contributed by atoms with E-state index in [4.69, 9.17) is 15.9 Å². The monoisotopic (exact) mass is 410 g/mol. The number of aryl methyl sites for hydroxylation is 1. The summed E-state index contributed by atoms with van der Waals surface area (Å²) in [5, 5.41) is 0.688. The molecule has 1 aliphatic carbocycles. The molecule has 0 bridgehead atoms. The van der Waals surface area contributed by atoms with Crippen LogP contribution in [0.5, 0.6) is 0 Å². The smallest absolute Gasteiger partial charge is 0.281 e. The van der Waals surface area contributed by atoms with Crippen LogP contribution in [0.2, 0.25) is 0 Å². The van der Waals surface area contributed by atoms with Crippen molar-refractivity contribution in [3.63, 3.8) is 0 Å². The normalized spacial score (nSPS) is 15.2. The molecule has 154 valence electrons. The number of fused-ring (bicyclic) bond motifs is 3. The summed E-state index contributed by atoms with van der Waals surface area (Å²) in [6, 6.07) is 5.08. The van der Waals surface area contributed by atoms with Crippen LogP contribution in [-0.4, -0.2) is 9.55 Å². The molecular weight excluding hydrogens is 390 g/mol. The van der Waals surface area contributed by atoms with E-state index in [1.807, 2.05) is 0 Å². The average Bonchev–Trinajstić information content (AvgIpc) is 3.42. The van der Waals surface area contributed by atoms with Gasteiger partial charge >= 0.3 is 0 Å². The lowest BCUT2D eigenvalue weighted by Crippen LogP contribution is -2.21. The Morgan fingerprint density at radius 2 is 1.93 bits per heavy atom. The summed E-state index contributed by atoms with van der Waals surface area (Å²) in [4.78, 5) is 17.6. The second kappa shape index (κ2) is 6.37. The topological polar surface area (TPSA) is 100 Å². The Kier molecular flexibility index (Phi) is 3.98. The van der Waals surface area contributed by atoms with Crippen LogP contribution in [0, 0.1) is 18.6 Å². The minimum absolute atomic E-state index is 0.0433. The molecule has 1 atom stereocenters. The standard InChI is InChI=1S/C22H20F2N4O2/c1-9-12(14-7-16(24)17(26)8-15(14)23)5-6-13-19(9)28(11-3-4-11)22(29)18-20(13)30-21(27-18)10(2)25/h5-8,10-11H,3-4,25-26H2,1-2H3. The van der Waals surface area contributed by atoms with Gasteiger partial charge in [-0.1, -0.05) is 6.07 Å². The molecule has 5 rings (SSSR count). The number of anilines is 1. The molecule has 30 heavy (non-hydrogen) atoms. The van der Waals surface area contributed by atoms with Gasteiger partial charge in [-0.2, -0.15) is 0 Å². The van der Waals surface area contributed by atoms with Crippen molar-refractivity contribution in [1.29, 1.82) is 0 Å². The van der Waals surface area contributed by atoms with Crippen molar-refractivity contribution in [2.75, 3.05) is 5.73 Å². The molecule has 1 aliphatic rings. The van der Waals surface area contributed by atoms with E-state index >= 15 is 0 Å². The highest BCUT2D eigenvalue weighted by molar-refractivity contribution is 6.04. The molecular formula is C22H20F2N4O2. The molecule has 1 fully saturated rings. The highest BCUT2D eigenvalue weighted by Gasteiger charge is 2.30. The molecule has 1 saturated carbocycles. The summed E-state index contributed by atoms with van der Waals surface area (Å²) >= 11 is 0. The van der Waals surface area contributed by atoms with Crippen LogP contribution < -0.4 is 17.0 Å². The highest BCUT2D eigenvalue weighted by atomic mass is 19.1. The summed E-state index contributed by atoms with van der Waals surface area (Å²) < 4.78 is 36.3. The van der Waals surface area contributed by atoms with E-state index in [-0.39, 0.29) is 34.3 Å². The van der Waals surface area contributed by atoms with Crippen molar-refractivity contribution in [3.8, 4) is 11.1 Å². The van der Waals surface area contributed by atoms with Gasteiger partial charge in [0.2, 0.25) is 5.89 Å². The SMILES string of the molecule is Cc1c(-c2cc(F)c(N)cc2F)ccc2c3oc(C(C)N)nc3c(=O)n(C3CC3)c12. The van der Waals surface area contributed by atoms with Gasteiger partial charge < -0.3 is 20.5 Å². The first-order valence-electron chi connectivity index (χ1n) is 9.76. The van der Waals surface area contributed by atoms with E-state index in [2.05, 4.69) is 4.98 Å². The number of oxazole rings is 1. The summed E-state index contributed by atoms with van der Waals surface area (Å²) in [5.41, 5.74) is 13.3. The second-order valence-electron chi connectivity index (χ2n) is 7.91. The quantitative estimate of drug-likeness (QED) is 0.490. The zero-order valence-corrected chi connectivity index (χ0v) is 16.5. The van der Waals surface area contributed by atoms with E-state index in [0.717, 1.165) is 25.0 Å². The molecule has 4 N–H and O–H groups in total. The summed E-state index contributed by atoms with van der Waals surface area (Å²) in [7, 11) is 0. The van der Waals surface area contributed by atoms with Gasteiger partial charge in [0.15, 0.2) is 11.1 Å². The van der Waals surface area contributed by atoms with E-state index in [0.29, 0.717) is 27.6 Å². The molecule has 0 saturated heterocycles. The van der Waals surface area contributed by atoms with Crippen molar-refractivity contribution in [3.05, 3.63) is 57.7 Å². The fourth-order valence-electron chi connectivity index (χ4n) is 4.01. The van der Waals surface area contributed by atoms with E-state index in [9.17, 15) is 13.6 Å². The number of nitrogens with two attached hydrogens (primary N) is 2. The molecule has 0 aliphatic heterocycles. The van der Waals surface area contributed by atoms with Crippen molar-refractivity contribution < 1.29 is 13.2 Å². The number of nitrogen functional groups attached to an aromatic ring is 1. The van der Waals surface area contributed by atoms with Crippen LogP contribution in [0.25, 0.3) is 33.1 Å². The highest BCUT2D eigenvalue weighted by Crippen LogP contribution is 2.41. The predicted molar refractivity (Wildman–Crippen MR) is 111 cm³/mol. The number of benzene rings is 2. The third kappa shape index (κ3) is 2.64. The number of halogens is 2. The van der Waals surface area contributed by atoms with Gasteiger partial charge in [-0.15, -0.1) is 0 Å². The lowest BCUT2D eigenvalue weighted by molar-refractivity contribution is 0.494. The Hall–Kier alpha value is -3.26. The Bertz CT molecular complexity index is 1400. The number of nitrogens with zero attached hydrogens (tertiary/aromatic N) is 2. The molecule has 0 amide bonds. The van der Waals surface area contributed by atoms with Crippen LogP contribution in [0.1, 0.15) is 43.3 Å². The molecule has 2 aromatic carbocycles.